The van der Waals surface area contributed by atoms with E-state index in [1.807, 2.05) is 0 Å². The van der Waals surface area contributed by atoms with Gasteiger partial charge in [0.15, 0.2) is 0 Å². The van der Waals surface area contributed by atoms with Gasteiger partial charge in [0.1, 0.15) is 5.75 Å². The number of aromatic nitrogens is 1. The number of benzene rings is 1. The molecule has 2 rings (SSSR count). The van der Waals surface area contributed by atoms with Crippen molar-refractivity contribution < 1.29 is 9.66 Å². The Hall–Kier alpha value is -2.15. The number of hydrogen-bond donors (Lipinski definition) is 1. The molecule has 0 aliphatic heterocycles. The van der Waals surface area contributed by atoms with E-state index in [4.69, 9.17) is 10.5 Å². The van der Waals surface area contributed by atoms with E-state index in [1.165, 1.54) is 6.07 Å². The van der Waals surface area contributed by atoms with E-state index < -0.39 is 4.92 Å². The highest BCUT2D eigenvalue weighted by Gasteiger charge is 2.16. The van der Waals surface area contributed by atoms with E-state index in [0.29, 0.717) is 17.0 Å². The summed E-state index contributed by atoms with van der Waals surface area (Å²) in [4.78, 5) is 14.6. The Labute approximate surface area is 123 Å². The Kier molecular flexibility index (Phi) is 3.89. The van der Waals surface area contributed by atoms with Crippen LogP contribution in [0.25, 0.3) is 0 Å². The molecule has 20 heavy (non-hydrogen) atoms. The molecule has 0 fully saturated rings. The Morgan fingerprint density at radius 3 is 2.60 bits per heavy atom. The molecular weight excluding hydrogens is 326 g/mol. The number of rotatable bonds is 3. The SMILES string of the molecule is Cc1cc(C)c([N+](=O)[O-])cc1Oc1ncc(Br)cc1N. The van der Waals surface area contributed by atoms with Gasteiger partial charge in [-0.25, -0.2) is 4.98 Å². The van der Waals surface area contributed by atoms with E-state index in [1.54, 1.807) is 32.2 Å². The first-order valence-electron chi connectivity index (χ1n) is 5.73. The number of nitrogens with zero attached hydrogens (tertiary/aromatic N) is 2. The van der Waals surface area contributed by atoms with Gasteiger partial charge in [0.2, 0.25) is 5.88 Å². The van der Waals surface area contributed by atoms with Crippen LogP contribution in [-0.4, -0.2) is 9.91 Å². The lowest BCUT2D eigenvalue weighted by molar-refractivity contribution is -0.385. The Morgan fingerprint density at radius 1 is 1.30 bits per heavy atom. The number of anilines is 1. The number of pyridine rings is 1. The topological polar surface area (TPSA) is 91.3 Å². The van der Waals surface area contributed by atoms with Crippen molar-refractivity contribution >= 4 is 27.3 Å². The first-order chi connectivity index (χ1) is 9.38. The molecule has 0 atom stereocenters. The van der Waals surface area contributed by atoms with Gasteiger partial charge in [-0.1, -0.05) is 0 Å². The molecule has 104 valence electrons. The van der Waals surface area contributed by atoms with Crippen LogP contribution in [0.5, 0.6) is 11.6 Å². The first-order valence-corrected chi connectivity index (χ1v) is 6.52. The molecule has 1 heterocycles. The maximum absolute atomic E-state index is 11.0. The minimum atomic E-state index is -0.444. The van der Waals surface area contributed by atoms with Crippen LogP contribution >= 0.6 is 15.9 Å². The average Bonchev–Trinajstić information content (AvgIpc) is 2.35. The highest BCUT2D eigenvalue weighted by Crippen LogP contribution is 2.33. The molecule has 0 radical (unpaired) electrons. The molecule has 1 aromatic carbocycles. The van der Waals surface area contributed by atoms with Crippen LogP contribution in [0.2, 0.25) is 0 Å². The molecule has 0 amide bonds. The van der Waals surface area contributed by atoms with E-state index in [0.717, 1.165) is 10.0 Å². The molecule has 2 N–H and O–H groups in total. The van der Waals surface area contributed by atoms with E-state index in [-0.39, 0.29) is 11.6 Å². The summed E-state index contributed by atoms with van der Waals surface area (Å²) in [7, 11) is 0. The molecule has 0 unspecified atom stereocenters. The minimum absolute atomic E-state index is 0.00119. The van der Waals surface area contributed by atoms with E-state index in [9.17, 15) is 10.1 Å². The fourth-order valence-corrected chi connectivity index (χ4v) is 2.11. The predicted molar refractivity (Wildman–Crippen MR) is 79.0 cm³/mol. The summed E-state index contributed by atoms with van der Waals surface area (Å²) in [5, 5.41) is 11.0. The molecule has 0 aliphatic carbocycles. The lowest BCUT2D eigenvalue weighted by atomic mass is 10.1. The zero-order valence-electron chi connectivity index (χ0n) is 10.9. The fourth-order valence-electron chi connectivity index (χ4n) is 1.76. The van der Waals surface area contributed by atoms with Crippen molar-refractivity contribution in [2.45, 2.75) is 13.8 Å². The second-order valence-electron chi connectivity index (χ2n) is 4.31. The quantitative estimate of drug-likeness (QED) is 0.680. The lowest BCUT2D eigenvalue weighted by Crippen LogP contribution is -1.98. The monoisotopic (exact) mass is 337 g/mol. The van der Waals surface area contributed by atoms with Gasteiger partial charge >= 0.3 is 0 Å². The largest absolute Gasteiger partial charge is 0.437 e. The van der Waals surface area contributed by atoms with Gasteiger partial charge in [0.05, 0.1) is 16.7 Å². The number of halogens is 1. The normalized spacial score (nSPS) is 10.3. The van der Waals surface area contributed by atoms with Gasteiger partial charge in [0, 0.05) is 16.2 Å². The number of hydrogen-bond acceptors (Lipinski definition) is 5. The van der Waals surface area contributed by atoms with Crippen LogP contribution in [0, 0.1) is 24.0 Å². The van der Waals surface area contributed by atoms with Crippen molar-refractivity contribution in [3.63, 3.8) is 0 Å². The number of aryl methyl sites for hydroxylation is 2. The Bertz CT molecular complexity index is 689. The van der Waals surface area contributed by atoms with Gasteiger partial charge in [-0.05, 0) is 47.5 Å². The standard InChI is InChI=1S/C13H12BrN3O3/c1-7-3-8(2)12(5-11(7)17(18)19)20-13-10(15)4-9(14)6-16-13/h3-6H,15H2,1-2H3. The smallest absolute Gasteiger partial charge is 0.276 e. The minimum Gasteiger partial charge on any atom is -0.437 e. The van der Waals surface area contributed by atoms with Crippen LogP contribution < -0.4 is 10.5 Å². The fraction of sp³-hybridized carbons (Fsp3) is 0.154. The molecule has 6 nitrogen and oxygen atoms in total. The van der Waals surface area contributed by atoms with Gasteiger partial charge in [0.25, 0.3) is 5.69 Å². The highest BCUT2D eigenvalue weighted by atomic mass is 79.9. The van der Waals surface area contributed by atoms with Crippen molar-refractivity contribution in [1.29, 1.82) is 0 Å². The Balaban J connectivity index is 2.43. The molecular formula is C13H12BrN3O3. The summed E-state index contributed by atoms with van der Waals surface area (Å²) in [6, 6.07) is 4.73. The maximum Gasteiger partial charge on any atom is 0.276 e. The second kappa shape index (κ2) is 5.46. The van der Waals surface area contributed by atoms with Gasteiger partial charge in [-0.2, -0.15) is 0 Å². The van der Waals surface area contributed by atoms with Gasteiger partial charge < -0.3 is 10.5 Å². The molecule has 2 aromatic rings. The van der Waals surface area contributed by atoms with E-state index in [2.05, 4.69) is 20.9 Å². The van der Waals surface area contributed by atoms with Crippen molar-refractivity contribution in [1.82, 2.24) is 4.98 Å². The van der Waals surface area contributed by atoms with Crippen molar-refractivity contribution in [3.8, 4) is 11.6 Å². The van der Waals surface area contributed by atoms with Gasteiger partial charge in [-0.3, -0.25) is 10.1 Å². The summed E-state index contributed by atoms with van der Waals surface area (Å²) in [6.07, 6.45) is 1.55. The summed E-state index contributed by atoms with van der Waals surface area (Å²) < 4.78 is 6.31. The average molecular weight is 338 g/mol. The number of nitro benzene ring substituents is 1. The summed E-state index contributed by atoms with van der Waals surface area (Å²) in [5.74, 6) is 0.582. The lowest BCUT2D eigenvalue weighted by Gasteiger charge is -2.10. The van der Waals surface area contributed by atoms with Crippen LogP contribution in [0.15, 0.2) is 28.9 Å². The molecule has 0 saturated heterocycles. The summed E-state index contributed by atoms with van der Waals surface area (Å²) in [6.45, 7) is 3.49. The summed E-state index contributed by atoms with van der Waals surface area (Å²) >= 11 is 3.25. The van der Waals surface area contributed by atoms with Crippen LogP contribution in [0.1, 0.15) is 11.1 Å². The van der Waals surface area contributed by atoms with Crippen molar-refractivity contribution in [3.05, 3.63) is 50.1 Å². The number of nitro groups is 1. The second-order valence-corrected chi connectivity index (χ2v) is 5.23. The number of nitrogen functional groups attached to an aromatic ring is 1. The van der Waals surface area contributed by atoms with Crippen LogP contribution in [-0.2, 0) is 0 Å². The van der Waals surface area contributed by atoms with Crippen LogP contribution in [0.3, 0.4) is 0 Å². The van der Waals surface area contributed by atoms with Gasteiger partial charge in [-0.15, -0.1) is 0 Å². The zero-order chi connectivity index (χ0) is 14.9. The third-order valence-electron chi connectivity index (χ3n) is 2.74. The molecule has 7 heteroatoms. The summed E-state index contributed by atoms with van der Waals surface area (Å²) in [5.41, 5.74) is 7.50. The number of ether oxygens (including phenoxy) is 1. The third-order valence-corrected chi connectivity index (χ3v) is 3.18. The predicted octanol–water partition coefficient (Wildman–Crippen LogP) is 3.74. The highest BCUT2D eigenvalue weighted by molar-refractivity contribution is 9.10. The molecule has 0 aliphatic rings. The Morgan fingerprint density at radius 2 is 2.00 bits per heavy atom. The zero-order valence-corrected chi connectivity index (χ0v) is 12.5. The first kappa shape index (κ1) is 14.3. The molecule has 0 bridgehead atoms. The number of nitrogens with two attached hydrogens (primary N) is 1. The van der Waals surface area contributed by atoms with Crippen molar-refractivity contribution in [2.75, 3.05) is 5.73 Å². The third kappa shape index (κ3) is 2.88. The maximum atomic E-state index is 11.0. The van der Waals surface area contributed by atoms with E-state index >= 15 is 0 Å². The molecule has 1 aromatic heterocycles. The molecule has 0 saturated carbocycles. The van der Waals surface area contributed by atoms with Crippen molar-refractivity contribution in [2.24, 2.45) is 0 Å². The van der Waals surface area contributed by atoms with Crippen LogP contribution in [0.4, 0.5) is 11.4 Å². The molecule has 0 spiro atoms.